The summed E-state index contributed by atoms with van der Waals surface area (Å²) in [5.74, 6) is 1.04. The lowest BCUT2D eigenvalue weighted by atomic mass is 10.2. The Morgan fingerprint density at radius 2 is 2.04 bits per heavy atom. The Balaban J connectivity index is 1.97. The number of pyridine rings is 1. The van der Waals surface area contributed by atoms with Gasteiger partial charge in [-0.3, -0.25) is 4.98 Å². The smallest absolute Gasteiger partial charge is 0.225 e. The van der Waals surface area contributed by atoms with E-state index in [1.165, 1.54) is 0 Å². The molecular weight excluding hydrogens is 338 g/mol. The number of nitrogens with one attached hydrogen (secondary N) is 2. The van der Waals surface area contributed by atoms with E-state index in [4.69, 9.17) is 11.6 Å². The number of anilines is 3. The van der Waals surface area contributed by atoms with Crippen LogP contribution in [0.4, 0.5) is 17.5 Å². The molecule has 2 aromatic heterocycles. The average molecular weight is 356 g/mol. The summed E-state index contributed by atoms with van der Waals surface area (Å²) in [7, 11) is 0. The molecule has 128 valence electrons. The molecule has 0 saturated heterocycles. The van der Waals surface area contributed by atoms with Gasteiger partial charge < -0.3 is 15.7 Å². The lowest BCUT2D eigenvalue weighted by Gasteiger charge is -2.14. The number of hydrogen-bond acceptors (Lipinski definition) is 6. The van der Waals surface area contributed by atoms with Crippen molar-refractivity contribution in [2.24, 2.45) is 0 Å². The molecule has 0 aliphatic heterocycles. The Morgan fingerprint density at radius 3 is 2.76 bits per heavy atom. The van der Waals surface area contributed by atoms with Crippen molar-refractivity contribution in [3.05, 3.63) is 59.9 Å². The van der Waals surface area contributed by atoms with Gasteiger partial charge in [0.15, 0.2) is 0 Å². The Labute approximate surface area is 150 Å². The number of halogens is 1. The molecule has 0 aliphatic rings. The molecule has 0 amide bonds. The molecule has 0 fully saturated rings. The van der Waals surface area contributed by atoms with Crippen LogP contribution in [0.15, 0.2) is 54.9 Å². The van der Waals surface area contributed by atoms with E-state index < -0.39 is 0 Å². The standard InChI is InChI=1S/C18H18ClN5O/c1-12(11-25)21-18-23-16(13-4-3-7-20-10-13)9-17(24-18)22-15-6-2-5-14(19)8-15/h2-10,12,25H,11H2,1H3,(H2,21,22,23,24)/t12-/m0/s1. The Morgan fingerprint density at radius 1 is 1.16 bits per heavy atom. The van der Waals surface area contributed by atoms with Gasteiger partial charge in [0.05, 0.1) is 12.3 Å². The highest BCUT2D eigenvalue weighted by Crippen LogP contribution is 2.24. The van der Waals surface area contributed by atoms with Crippen molar-refractivity contribution in [2.45, 2.75) is 13.0 Å². The number of aromatic nitrogens is 3. The third-order valence-electron chi connectivity index (χ3n) is 3.43. The number of hydrogen-bond donors (Lipinski definition) is 3. The van der Waals surface area contributed by atoms with E-state index in [1.807, 2.05) is 49.4 Å². The Bertz CT molecular complexity index is 844. The molecule has 0 spiro atoms. The molecule has 1 atom stereocenters. The van der Waals surface area contributed by atoms with Gasteiger partial charge in [-0.15, -0.1) is 0 Å². The van der Waals surface area contributed by atoms with Crippen LogP contribution in [0, 0.1) is 0 Å². The number of aliphatic hydroxyl groups excluding tert-OH is 1. The molecule has 0 radical (unpaired) electrons. The third kappa shape index (κ3) is 4.65. The lowest BCUT2D eigenvalue weighted by Crippen LogP contribution is -2.21. The van der Waals surface area contributed by atoms with Gasteiger partial charge in [0.1, 0.15) is 5.82 Å². The second-order valence-corrected chi connectivity index (χ2v) is 6.00. The van der Waals surface area contributed by atoms with Gasteiger partial charge >= 0.3 is 0 Å². The zero-order chi connectivity index (χ0) is 17.6. The van der Waals surface area contributed by atoms with Crippen LogP contribution in [0.3, 0.4) is 0 Å². The summed E-state index contributed by atoms with van der Waals surface area (Å²) in [6.45, 7) is 1.84. The van der Waals surface area contributed by atoms with Gasteiger partial charge in [-0.05, 0) is 37.3 Å². The predicted octanol–water partition coefficient (Wildman–Crippen LogP) is 3.73. The zero-order valence-electron chi connectivity index (χ0n) is 13.6. The molecule has 0 aliphatic carbocycles. The minimum Gasteiger partial charge on any atom is -0.394 e. The molecular formula is C18H18ClN5O. The van der Waals surface area contributed by atoms with E-state index in [-0.39, 0.29) is 12.6 Å². The maximum Gasteiger partial charge on any atom is 0.225 e. The minimum atomic E-state index is -0.164. The van der Waals surface area contributed by atoms with Gasteiger partial charge in [-0.25, -0.2) is 4.98 Å². The molecule has 2 heterocycles. The Hall–Kier alpha value is -2.70. The van der Waals surface area contributed by atoms with Crippen LogP contribution in [0.1, 0.15) is 6.92 Å². The summed E-state index contributed by atoms with van der Waals surface area (Å²) in [4.78, 5) is 13.1. The summed E-state index contributed by atoms with van der Waals surface area (Å²) >= 11 is 6.04. The topological polar surface area (TPSA) is 83.0 Å². The normalized spacial score (nSPS) is 11.8. The van der Waals surface area contributed by atoms with Crippen molar-refractivity contribution in [1.82, 2.24) is 15.0 Å². The van der Waals surface area contributed by atoms with Gasteiger partial charge in [0.2, 0.25) is 5.95 Å². The van der Waals surface area contributed by atoms with Crippen LogP contribution in [0.25, 0.3) is 11.3 Å². The first-order valence-electron chi connectivity index (χ1n) is 7.83. The second-order valence-electron chi connectivity index (χ2n) is 5.57. The van der Waals surface area contributed by atoms with Crippen LogP contribution >= 0.6 is 11.6 Å². The monoisotopic (exact) mass is 355 g/mol. The lowest BCUT2D eigenvalue weighted by molar-refractivity contribution is 0.281. The van der Waals surface area contributed by atoms with E-state index in [1.54, 1.807) is 12.4 Å². The van der Waals surface area contributed by atoms with Crippen LogP contribution in [0.5, 0.6) is 0 Å². The van der Waals surface area contributed by atoms with Crippen molar-refractivity contribution in [1.29, 1.82) is 0 Å². The predicted molar refractivity (Wildman–Crippen MR) is 100 cm³/mol. The highest BCUT2D eigenvalue weighted by molar-refractivity contribution is 6.30. The first-order chi connectivity index (χ1) is 12.1. The quantitative estimate of drug-likeness (QED) is 0.625. The van der Waals surface area contributed by atoms with Crippen molar-refractivity contribution in [3.63, 3.8) is 0 Å². The molecule has 7 heteroatoms. The maximum atomic E-state index is 9.26. The molecule has 3 rings (SSSR count). The summed E-state index contributed by atoms with van der Waals surface area (Å²) in [6.07, 6.45) is 3.45. The fraction of sp³-hybridized carbons (Fsp3) is 0.167. The largest absolute Gasteiger partial charge is 0.394 e. The number of nitrogens with zero attached hydrogens (tertiary/aromatic N) is 3. The van der Waals surface area contributed by atoms with Crippen LogP contribution in [0.2, 0.25) is 5.02 Å². The second kappa shape index (κ2) is 7.92. The van der Waals surface area contributed by atoms with E-state index in [0.717, 1.165) is 16.9 Å². The number of benzene rings is 1. The summed E-state index contributed by atoms with van der Waals surface area (Å²) in [5.41, 5.74) is 2.42. The molecule has 3 N–H and O–H groups in total. The molecule has 0 unspecified atom stereocenters. The van der Waals surface area contributed by atoms with Crippen LogP contribution in [-0.4, -0.2) is 32.7 Å². The molecule has 0 bridgehead atoms. The van der Waals surface area contributed by atoms with E-state index in [0.29, 0.717) is 16.8 Å². The van der Waals surface area contributed by atoms with Crippen molar-refractivity contribution in [2.75, 3.05) is 17.2 Å². The van der Waals surface area contributed by atoms with Crippen molar-refractivity contribution >= 4 is 29.1 Å². The molecule has 0 saturated carbocycles. The highest BCUT2D eigenvalue weighted by Gasteiger charge is 2.09. The molecule has 6 nitrogen and oxygen atoms in total. The van der Waals surface area contributed by atoms with Gasteiger partial charge in [-0.2, -0.15) is 4.98 Å². The van der Waals surface area contributed by atoms with Gasteiger partial charge in [0.25, 0.3) is 0 Å². The summed E-state index contributed by atoms with van der Waals surface area (Å²) in [5, 5.41) is 16.2. The molecule has 1 aromatic carbocycles. The Kier molecular flexibility index (Phi) is 5.42. The average Bonchev–Trinajstić information content (AvgIpc) is 2.62. The van der Waals surface area contributed by atoms with Crippen molar-refractivity contribution < 1.29 is 5.11 Å². The third-order valence-corrected chi connectivity index (χ3v) is 3.66. The van der Waals surface area contributed by atoms with E-state index in [9.17, 15) is 5.11 Å². The highest BCUT2D eigenvalue weighted by atomic mass is 35.5. The summed E-state index contributed by atoms with van der Waals surface area (Å²) in [6, 6.07) is 12.8. The van der Waals surface area contributed by atoms with Crippen LogP contribution < -0.4 is 10.6 Å². The van der Waals surface area contributed by atoms with Crippen LogP contribution in [-0.2, 0) is 0 Å². The molecule has 3 aromatic rings. The fourth-order valence-electron chi connectivity index (χ4n) is 2.22. The SMILES string of the molecule is C[C@@H](CO)Nc1nc(Nc2cccc(Cl)c2)cc(-c2cccnc2)n1. The number of rotatable bonds is 6. The van der Waals surface area contributed by atoms with Crippen molar-refractivity contribution in [3.8, 4) is 11.3 Å². The van der Waals surface area contributed by atoms with E-state index >= 15 is 0 Å². The molecule has 25 heavy (non-hydrogen) atoms. The number of aliphatic hydroxyl groups is 1. The minimum absolute atomic E-state index is 0.0163. The maximum absolute atomic E-state index is 9.26. The van der Waals surface area contributed by atoms with Gasteiger partial charge in [0, 0.05) is 40.8 Å². The van der Waals surface area contributed by atoms with Gasteiger partial charge in [-0.1, -0.05) is 17.7 Å². The summed E-state index contributed by atoms with van der Waals surface area (Å²) < 4.78 is 0. The first kappa shape index (κ1) is 17.1. The fourth-order valence-corrected chi connectivity index (χ4v) is 2.41. The zero-order valence-corrected chi connectivity index (χ0v) is 14.4. The first-order valence-corrected chi connectivity index (χ1v) is 8.21. The van der Waals surface area contributed by atoms with E-state index in [2.05, 4.69) is 25.6 Å².